The topological polar surface area (TPSA) is 35.5 Å². The summed E-state index contributed by atoms with van der Waals surface area (Å²) in [7, 11) is 1.68. The Morgan fingerprint density at radius 3 is 2.79 bits per heavy atom. The zero-order valence-electron chi connectivity index (χ0n) is 11.5. The van der Waals surface area contributed by atoms with Crippen LogP contribution in [0.3, 0.4) is 0 Å². The molecule has 0 aromatic heterocycles. The Morgan fingerprint density at radius 1 is 1.37 bits per heavy atom. The molecule has 0 amide bonds. The highest BCUT2D eigenvalue weighted by atomic mass is 16.5. The van der Waals surface area contributed by atoms with Gasteiger partial charge in [0.25, 0.3) is 0 Å². The van der Waals surface area contributed by atoms with Crippen molar-refractivity contribution in [3.8, 4) is 5.75 Å². The van der Waals surface area contributed by atoms with Gasteiger partial charge in [0.05, 0.1) is 19.6 Å². The number of ether oxygens (including phenoxy) is 2. The quantitative estimate of drug-likeness (QED) is 0.778. The number of carbonyl (C=O) groups excluding carboxylic acids is 1. The van der Waals surface area contributed by atoms with Gasteiger partial charge < -0.3 is 9.47 Å². The fourth-order valence-corrected chi connectivity index (χ4v) is 2.46. The Balaban J connectivity index is 2.10. The van der Waals surface area contributed by atoms with E-state index in [1.807, 2.05) is 25.1 Å². The highest BCUT2D eigenvalue weighted by molar-refractivity contribution is 5.77. The zero-order valence-corrected chi connectivity index (χ0v) is 11.5. The first-order valence-corrected chi connectivity index (χ1v) is 6.75. The van der Waals surface area contributed by atoms with Crippen LogP contribution in [0, 0.1) is 5.92 Å². The monoisotopic (exact) mass is 260 g/mol. The summed E-state index contributed by atoms with van der Waals surface area (Å²) in [6.45, 7) is 2.30. The lowest BCUT2D eigenvalue weighted by atomic mass is 9.86. The van der Waals surface area contributed by atoms with E-state index in [4.69, 9.17) is 9.47 Å². The fraction of sp³-hybridized carbons (Fsp3) is 0.438. The maximum atomic E-state index is 11.7. The van der Waals surface area contributed by atoms with Gasteiger partial charge in [-0.3, -0.25) is 4.79 Å². The summed E-state index contributed by atoms with van der Waals surface area (Å²) < 4.78 is 10.5. The van der Waals surface area contributed by atoms with Crippen LogP contribution in [0.4, 0.5) is 0 Å². The average molecular weight is 260 g/mol. The summed E-state index contributed by atoms with van der Waals surface area (Å²) in [6, 6.07) is 8.01. The predicted molar refractivity (Wildman–Crippen MR) is 74.9 cm³/mol. The number of allylic oxidation sites excluding steroid dienone is 2. The number of benzene rings is 1. The van der Waals surface area contributed by atoms with Crippen LogP contribution in [0.2, 0.25) is 0 Å². The molecule has 1 aromatic rings. The van der Waals surface area contributed by atoms with E-state index >= 15 is 0 Å². The Labute approximate surface area is 114 Å². The molecule has 1 unspecified atom stereocenters. The molecule has 1 atom stereocenters. The van der Waals surface area contributed by atoms with Gasteiger partial charge in [-0.05, 0) is 37.8 Å². The molecule has 0 fully saturated rings. The maximum absolute atomic E-state index is 11.7. The second-order valence-corrected chi connectivity index (χ2v) is 4.65. The molecule has 19 heavy (non-hydrogen) atoms. The molecular weight excluding hydrogens is 240 g/mol. The van der Waals surface area contributed by atoms with Gasteiger partial charge in [0.15, 0.2) is 0 Å². The van der Waals surface area contributed by atoms with Crippen LogP contribution in [0.25, 0.3) is 5.57 Å². The van der Waals surface area contributed by atoms with Gasteiger partial charge in [0, 0.05) is 5.56 Å². The average Bonchev–Trinajstić information content (AvgIpc) is 2.47. The van der Waals surface area contributed by atoms with Crippen molar-refractivity contribution in [3.05, 3.63) is 35.9 Å². The van der Waals surface area contributed by atoms with E-state index in [0.29, 0.717) is 6.61 Å². The molecule has 1 aromatic carbocycles. The third-order valence-electron chi connectivity index (χ3n) is 3.48. The second kappa shape index (κ2) is 6.41. The molecule has 0 N–H and O–H groups in total. The SMILES string of the molecule is CCOC(=O)C1CC=C(c2ccccc2OC)CC1. The number of hydrogen-bond donors (Lipinski definition) is 0. The molecule has 1 aliphatic carbocycles. The highest BCUT2D eigenvalue weighted by Crippen LogP contribution is 2.35. The van der Waals surface area contributed by atoms with E-state index < -0.39 is 0 Å². The van der Waals surface area contributed by atoms with Crippen molar-refractivity contribution in [2.24, 2.45) is 5.92 Å². The summed E-state index contributed by atoms with van der Waals surface area (Å²) >= 11 is 0. The number of methoxy groups -OCH3 is 1. The van der Waals surface area contributed by atoms with Gasteiger partial charge in [-0.25, -0.2) is 0 Å². The van der Waals surface area contributed by atoms with E-state index in [1.54, 1.807) is 7.11 Å². The lowest BCUT2D eigenvalue weighted by Crippen LogP contribution is -2.19. The maximum Gasteiger partial charge on any atom is 0.309 e. The Hall–Kier alpha value is -1.77. The van der Waals surface area contributed by atoms with Gasteiger partial charge in [0.2, 0.25) is 0 Å². The predicted octanol–water partition coefficient (Wildman–Crippen LogP) is 3.44. The molecule has 0 bridgehead atoms. The van der Waals surface area contributed by atoms with Crippen LogP contribution in [-0.4, -0.2) is 19.7 Å². The van der Waals surface area contributed by atoms with Crippen molar-refractivity contribution in [2.45, 2.75) is 26.2 Å². The smallest absolute Gasteiger partial charge is 0.309 e. The molecule has 0 aliphatic heterocycles. The van der Waals surface area contributed by atoms with E-state index in [0.717, 1.165) is 30.6 Å². The van der Waals surface area contributed by atoms with Crippen molar-refractivity contribution < 1.29 is 14.3 Å². The molecule has 102 valence electrons. The molecule has 3 nitrogen and oxygen atoms in total. The summed E-state index contributed by atoms with van der Waals surface area (Å²) in [5.41, 5.74) is 2.39. The number of esters is 1. The molecule has 0 saturated heterocycles. The molecular formula is C16H20O3. The van der Waals surface area contributed by atoms with Gasteiger partial charge in [-0.1, -0.05) is 24.3 Å². The van der Waals surface area contributed by atoms with Crippen LogP contribution >= 0.6 is 0 Å². The second-order valence-electron chi connectivity index (χ2n) is 4.65. The lowest BCUT2D eigenvalue weighted by Gasteiger charge is -2.21. The first-order valence-electron chi connectivity index (χ1n) is 6.75. The van der Waals surface area contributed by atoms with E-state index in [2.05, 4.69) is 12.1 Å². The van der Waals surface area contributed by atoms with Crippen LogP contribution in [0.15, 0.2) is 30.3 Å². The van der Waals surface area contributed by atoms with Gasteiger partial charge in [-0.15, -0.1) is 0 Å². The van der Waals surface area contributed by atoms with Gasteiger partial charge in [0.1, 0.15) is 5.75 Å². The number of carbonyl (C=O) groups is 1. The highest BCUT2D eigenvalue weighted by Gasteiger charge is 2.23. The third-order valence-corrected chi connectivity index (χ3v) is 3.48. The zero-order chi connectivity index (χ0) is 13.7. The lowest BCUT2D eigenvalue weighted by molar-refractivity contribution is -0.148. The molecule has 0 saturated carbocycles. The van der Waals surface area contributed by atoms with Crippen molar-refractivity contribution in [3.63, 3.8) is 0 Å². The summed E-state index contributed by atoms with van der Waals surface area (Å²) in [5, 5.41) is 0. The van der Waals surface area contributed by atoms with Crippen LogP contribution in [0.5, 0.6) is 5.75 Å². The van der Waals surface area contributed by atoms with Crippen LogP contribution in [-0.2, 0) is 9.53 Å². The molecule has 0 radical (unpaired) electrons. The van der Waals surface area contributed by atoms with Crippen molar-refractivity contribution in [1.29, 1.82) is 0 Å². The van der Waals surface area contributed by atoms with E-state index in [1.165, 1.54) is 5.57 Å². The minimum absolute atomic E-state index is 0.0124. The van der Waals surface area contributed by atoms with E-state index in [-0.39, 0.29) is 11.9 Å². The Bertz CT molecular complexity index is 477. The summed E-state index contributed by atoms with van der Waals surface area (Å²) in [6.07, 6.45) is 4.64. The normalized spacial score (nSPS) is 18.6. The first kappa shape index (κ1) is 13.7. The minimum atomic E-state index is -0.0715. The number of para-hydroxylation sites is 1. The molecule has 0 heterocycles. The number of rotatable bonds is 4. The van der Waals surface area contributed by atoms with Crippen LogP contribution < -0.4 is 4.74 Å². The molecule has 0 spiro atoms. The molecule has 3 heteroatoms. The van der Waals surface area contributed by atoms with Gasteiger partial charge in [-0.2, -0.15) is 0 Å². The molecule has 2 rings (SSSR count). The third kappa shape index (κ3) is 3.16. The van der Waals surface area contributed by atoms with Crippen molar-refractivity contribution >= 4 is 11.5 Å². The standard InChI is InChI=1S/C16H20O3/c1-3-19-16(17)13-10-8-12(9-11-13)14-6-4-5-7-15(14)18-2/h4-8,13H,3,9-11H2,1-2H3. The largest absolute Gasteiger partial charge is 0.496 e. The van der Waals surface area contributed by atoms with Crippen LogP contribution in [0.1, 0.15) is 31.7 Å². The Morgan fingerprint density at radius 2 is 2.16 bits per heavy atom. The fourth-order valence-electron chi connectivity index (χ4n) is 2.46. The van der Waals surface area contributed by atoms with Gasteiger partial charge >= 0.3 is 5.97 Å². The summed E-state index contributed by atoms with van der Waals surface area (Å²) in [5.74, 6) is 0.833. The molecule has 1 aliphatic rings. The van der Waals surface area contributed by atoms with Crippen molar-refractivity contribution in [1.82, 2.24) is 0 Å². The van der Waals surface area contributed by atoms with E-state index in [9.17, 15) is 4.79 Å². The Kier molecular flexibility index (Phi) is 4.61. The summed E-state index contributed by atoms with van der Waals surface area (Å²) in [4.78, 5) is 11.7. The number of hydrogen-bond acceptors (Lipinski definition) is 3. The first-order chi connectivity index (χ1) is 9.26. The van der Waals surface area contributed by atoms with Crippen molar-refractivity contribution in [2.75, 3.05) is 13.7 Å². The minimum Gasteiger partial charge on any atom is -0.496 e.